The van der Waals surface area contributed by atoms with Crippen LogP contribution in [0.25, 0.3) is 0 Å². The van der Waals surface area contributed by atoms with Gasteiger partial charge in [-0.15, -0.1) is 0 Å². The van der Waals surface area contributed by atoms with Crippen molar-refractivity contribution >= 4 is 23.2 Å². The van der Waals surface area contributed by atoms with Crippen LogP contribution in [-0.4, -0.2) is 18.4 Å². The number of benzene rings is 2. The number of hydrogen-bond donors (Lipinski definition) is 1. The molecule has 0 saturated carbocycles. The lowest BCUT2D eigenvalue weighted by Crippen LogP contribution is -2.30. The van der Waals surface area contributed by atoms with Crippen LogP contribution in [0.4, 0.5) is 11.4 Å². The van der Waals surface area contributed by atoms with Crippen LogP contribution >= 0.6 is 0 Å². The monoisotopic (exact) mass is 388 g/mol. The van der Waals surface area contributed by atoms with Crippen molar-refractivity contribution in [1.29, 1.82) is 0 Å². The molecule has 4 rings (SSSR count). The first-order valence-corrected chi connectivity index (χ1v) is 9.98. The second-order valence-corrected chi connectivity index (χ2v) is 7.27. The minimum absolute atomic E-state index is 0.0164. The number of nitrogens with zero attached hydrogens (tertiary/aromatic N) is 1. The summed E-state index contributed by atoms with van der Waals surface area (Å²) in [5.41, 5.74) is 4.11. The Balaban J connectivity index is 1.41. The summed E-state index contributed by atoms with van der Waals surface area (Å²) in [7, 11) is 0. The maximum Gasteiger partial charge on any atom is 0.293 e. The van der Waals surface area contributed by atoms with Gasteiger partial charge in [-0.3, -0.25) is 9.59 Å². The number of furan rings is 1. The molecular weight excluding hydrogens is 364 g/mol. The highest BCUT2D eigenvalue weighted by atomic mass is 16.3. The minimum Gasteiger partial charge on any atom is -0.459 e. The van der Waals surface area contributed by atoms with Crippen molar-refractivity contribution in [2.24, 2.45) is 5.92 Å². The average molecular weight is 388 g/mol. The van der Waals surface area contributed by atoms with E-state index in [4.69, 9.17) is 4.42 Å². The second-order valence-electron chi connectivity index (χ2n) is 7.27. The zero-order valence-corrected chi connectivity index (χ0v) is 16.4. The molecule has 2 amide bonds. The van der Waals surface area contributed by atoms with Crippen LogP contribution in [0.2, 0.25) is 0 Å². The maximum absolute atomic E-state index is 12.7. The molecule has 1 aliphatic carbocycles. The Hall–Kier alpha value is -3.34. The lowest BCUT2D eigenvalue weighted by molar-refractivity contribution is -0.120. The second kappa shape index (κ2) is 8.35. The largest absolute Gasteiger partial charge is 0.459 e. The summed E-state index contributed by atoms with van der Waals surface area (Å²) in [5.74, 6) is 0.153. The molecule has 0 spiro atoms. The molecule has 1 atom stereocenters. The number of aryl methyl sites for hydroxylation is 1. The van der Waals surface area contributed by atoms with Gasteiger partial charge in [0.2, 0.25) is 5.91 Å². The van der Waals surface area contributed by atoms with E-state index >= 15 is 0 Å². The molecule has 148 valence electrons. The average Bonchev–Trinajstić information content (AvgIpc) is 3.30. The van der Waals surface area contributed by atoms with Crippen LogP contribution in [0, 0.1) is 5.92 Å². The predicted molar refractivity (Wildman–Crippen MR) is 113 cm³/mol. The number of carbonyl (C=O) groups is 2. The molecule has 2 aromatic carbocycles. The molecule has 1 unspecified atom stereocenters. The van der Waals surface area contributed by atoms with Gasteiger partial charge in [-0.1, -0.05) is 24.3 Å². The Morgan fingerprint density at radius 3 is 2.48 bits per heavy atom. The molecule has 1 heterocycles. The van der Waals surface area contributed by atoms with E-state index in [9.17, 15) is 9.59 Å². The molecule has 0 bridgehead atoms. The van der Waals surface area contributed by atoms with E-state index in [1.54, 1.807) is 17.0 Å². The summed E-state index contributed by atoms with van der Waals surface area (Å²) in [6.07, 6.45) is 4.07. The summed E-state index contributed by atoms with van der Waals surface area (Å²) in [5, 5.41) is 3.02. The van der Waals surface area contributed by atoms with Crippen LogP contribution in [0.1, 0.15) is 35.0 Å². The summed E-state index contributed by atoms with van der Waals surface area (Å²) >= 11 is 0. The Morgan fingerprint density at radius 1 is 1.03 bits per heavy atom. The smallest absolute Gasteiger partial charge is 0.293 e. The Kier molecular flexibility index (Phi) is 5.47. The number of carbonyl (C=O) groups excluding carboxylic acids is 2. The van der Waals surface area contributed by atoms with Gasteiger partial charge >= 0.3 is 0 Å². The number of fused-ring (bicyclic) bond motifs is 1. The van der Waals surface area contributed by atoms with Crippen molar-refractivity contribution in [3.05, 3.63) is 83.8 Å². The fraction of sp³-hybridized carbons (Fsp3) is 0.250. The normalized spacial score (nSPS) is 15.4. The molecule has 3 aromatic rings. The number of amides is 2. The van der Waals surface area contributed by atoms with Gasteiger partial charge in [0.15, 0.2) is 5.76 Å². The van der Waals surface area contributed by atoms with Crippen LogP contribution in [-0.2, 0) is 17.6 Å². The zero-order chi connectivity index (χ0) is 20.2. The van der Waals surface area contributed by atoms with E-state index in [0.717, 1.165) is 30.6 Å². The van der Waals surface area contributed by atoms with E-state index < -0.39 is 0 Å². The van der Waals surface area contributed by atoms with Gasteiger partial charge < -0.3 is 14.6 Å². The molecule has 5 heteroatoms. The van der Waals surface area contributed by atoms with Crippen molar-refractivity contribution in [2.45, 2.75) is 26.2 Å². The summed E-state index contributed by atoms with van der Waals surface area (Å²) in [4.78, 5) is 26.9. The van der Waals surface area contributed by atoms with Gasteiger partial charge in [-0.05, 0) is 73.7 Å². The lowest BCUT2D eigenvalue weighted by Gasteiger charge is -2.24. The molecular formula is C24H24N2O3. The molecule has 0 aliphatic heterocycles. The van der Waals surface area contributed by atoms with Crippen LogP contribution < -0.4 is 10.2 Å². The van der Waals surface area contributed by atoms with Gasteiger partial charge in [0.1, 0.15) is 0 Å². The van der Waals surface area contributed by atoms with Gasteiger partial charge in [0, 0.05) is 23.8 Å². The first-order valence-electron chi connectivity index (χ1n) is 9.98. The van der Waals surface area contributed by atoms with E-state index in [1.807, 2.05) is 37.3 Å². The highest BCUT2D eigenvalue weighted by Crippen LogP contribution is 2.27. The van der Waals surface area contributed by atoms with Crippen molar-refractivity contribution < 1.29 is 14.0 Å². The van der Waals surface area contributed by atoms with Crippen molar-refractivity contribution in [3.63, 3.8) is 0 Å². The predicted octanol–water partition coefficient (Wildman–Crippen LogP) is 4.69. The van der Waals surface area contributed by atoms with E-state index in [2.05, 4.69) is 23.5 Å². The number of rotatable bonds is 5. The van der Waals surface area contributed by atoms with Crippen molar-refractivity contribution in [3.8, 4) is 0 Å². The Morgan fingerprint density at radius 2 is 1.79 bits per heavy atom. The molecule has 0 radical (unpaired) electrons. The summed E-state index contributed by atoms with van der Waals surface area (Å²) in [6, 6.07) is 19.0. The van der Waals surface area contributed by atoms with Crippen molar-refractivity contribution in [1.82, 2.24) is 0 Å². The molecule has 0 fully saturated rings. The van der Waals surface area contributed by atoms with Gasteiger partial charge in [0.05, 0.1) is 6.26 Å². The van der Waals surface area contributed by atoms with E-state index in [1.165, 1.54) is 17.4 Å². The molecule has 1 N–H and O–H groups in total. The Labute approximate surface area is 170 Å². The van der Waals surface area contributed by atoms with Gasteiger partial charge in [0.25, 0.3) is 5.91 Å². The van der Waals surface area contributed by atoms with Crippen LogP contribution in [0.15, 0.2) is 71.3 Å². The molecule has 29 heavy (non-hydrogen) atoms. The highest BCUT2D eigenvalue weighted by molar-refractivity contribution is 6.04. The fourth-order valence-corrected chi connectivity index (χ4v) is 3.87. The minimum atomic E-state index is -0.185. The molecule has 1 aromatic heterocycles. The number of hydrogen-bond acceptors (Lipinski definition) is 3. The SMILES string of the molecule is CCN(C(=O)c1ccco1)c1ccc(NC(=O)C2CCc3ccccc3C2)cc1. The van der Waals surface area contributed by atoms with Gasteiger partial charge in [-0.25, -0.2) is 0 Å². The standard InChI is InChI=1S/C24H24N2O3/c1-2-26(24(28)22-8-5-15-29-22)21-13-11-20(12-14-21)25-23(27)19-10-9-17-6-3-4-7-18(17)16-19/h3-8,11-15,19H,2,9-10,16H2,1H3,(H,25,27). The molecule has 5 nitrogen and oxygen atoms in total. The molecule has 0 saturated heterocycles. The summed E-state index contributed by atoms with van der Waals surface area (Å²) < 4.78 is 5.22. The lowest BCUT2D eigenvalue weighted by atomic mass is 9.83. The highest BCUT2D eigenvalue weighted by Gasteiger charge is 2.24. The number of anilines is 2. The first kappa shape index (κ1) is 19.0. The van der Waals surface area contributed by atoms with Gasteiger partial charge in [-0.2, -0.15) is 0 Å². The topological polar surface area (TPSA) is 62.6 Å². The van der Waals surface area contributed by atoms with E-state index in [0.29, 0.717) is 12.3 Å². The number of nitrogens with one attached hydrogen (secondary N) is 1. The fourth-order valence-electron chi connectivity index (χ4n) is 3.87. The Bertz CT molecular complexity index is 993. The third kappa shape index (κ3) is 4.09. The summed E-state index contributed by atoms with van der Waals surface area (Å²) in [6.45, 7) is 2.43. The van der Waals surface area contributed by atoms with E-state index in [-0.39, 0.29) is 17.7 Å². The third-order valence-corrected chi connectivity index (χ3v) is 5.46. The third-order valence-electron chi connectivity index (χ3n) is 5.46. The van der Waals surface area contributed by atoms with Crippen molar-refractivity contribution in [2.75, 3.05) is 16.8 Å². The van der Waals surface area contributed by atoms with Crippen LogP contribution in [0.3, 0.4) is 0 Å². The molecule has 1 aliphatic rings. The maximum atomic E-state index is 12.7. The first-order chi connectivity index (χ1) is 14.2. The zero-order valence-electron chi connectivity index (χ0n) is 16.4. The van der Waals surface area contributed by atoms with Crippen LogP contribution in [0.5, 0.6) is 0 Å². The quantitative estimate of drug-likeness (QED) is 0.690.